The highest BCUT2D eigenvalue weighted by Crippen LogP contribution is 2.30. The third-order valence-corrected chi connectivity index (χ3v) is 3.89. The summed E-state index contributed by atoms with van der Waals surface area (Å²) in [6, 6.07) is 6.18. The average Bonchev–Trinajstić information content (AvgIpc) is 2.40. The lowest BCUT2D eigenvalue weighted by Gasteiger charge is -2.11. The molecular formula is C12H10F3N3O2S. The fourth-order valence-corrected chi connectivity index (χ4v) is 2.61. The molecule has 0 spiro atoms. The number of sulfonamides is 1. The zero-order valence-electron chi connectivity index (χ0n) is 10.4. The van der Waals surface area contributed by atoms with Crippen LogP contribution in [-0.2, 0) is 16.2 Å². The molecule has 0 aliphatic carbocycles. The van der Waals surface area contributed by atoms with Gasteiger partial charge in [0, 0.05) is 0 Å². The number of nitrogens with two attached hydrogens (primary N) is 1. The Kier molecular flexibility index (Phi) is 3.77. The number of hydrogen-bond acceptors (Lipinski definition) is 4. The van der Waals surface area contributed by atoms with Crippen molar-refractivity contribution in [2.75, 3.05) is 10.5 Å². The van der Waals surface area contributed by atoms with Gasteiger partial charge in [-0.2, -0.15) is 13.2 Å². The van der Waals surface area contributed by atoms with E-state index < -0.39 is 26.7 Å². The number of nitrogen functional groups attached to an aromatic ring is 1. The van der Waals surface area contributed by atoms with Gasteiger partial charge in [0.15, 0.2) is 0 Å². The molecule has 5 nitrogen and oxygen atoms in total. The van der Waals surface area contributed by atoms with E-state index in [0.29, 0.717) is 6.07 Å². The van der Waals surface area contributed by atoms with Crippen LogP contribution < -0.4 is 10.5 Å². The van der Waals surface area contributed by atoms with Crippen LogP contribution in [0.1, 0.15) is 5.56 Å². The lowest BCUT2D eigenvalue weighted by atomic mass is 10.2. The lowest BCUT2D eigenvalue weighted by molar-refractivity contribution is -0.137. The molecule has 0 aliphatic heterocycles. The summed E-state index contributed by atoms with van der Waals surface area (Å²) in [5.74, 6) is 0.192. The number of hydrogen-bond donors (Lipinski definition) is 2. The fourth-order valence-electron chi connectivity index (χ4n) is 1.52. The molecule has 21 heavy (non-hydrogen) atoms. The third-order valence-electron chi connectivity index (χ3n) is 2.51. The predicted molar refractivity (Wildman–Crippen MR) is 70.9 cm³/mol. The van der Waals surface area contributed by atoms with Gasteiger partial charge in [-0.25, -0.2) is 13.4 Å². The Balaban J connectivity index is 2.34. The Hall–Kier alpha value is -2.29. The zero-order chi connectivity index (χ0) is 15.7. The van der Waals surface area contributed by atoms with E-state index in [4.69, 9.17) is 5.73 Å². The summed E-state index contributed by atoms with van der Waals surface area (Å²) in [4.78, 5) is 3.19. The molecule has 0 saturated heterocycles. The summed E-state index contributed by atoms with van der Waals surface area (Å²) in [5.41, 5.74) is 4.41. The van der Waals surface area contributed by atoms with Crippen molar-refractivity contribution >= 4 is 21.5 Å². The topological polar surface area (TPSA) is 85.1 Å². The van der Waals surface area contributed by atoms with Gasteiger partial charge in [-0.05, 0) is 30.3 Å². The van der Waals surface area contributed by atoms with Gasteiger partial charge in [-0.3, -0.25) is 4.72 Å². The van der Waals surface area contributed by atoms with Gasteiger partial charge in [0.25, 0.3) is 10.0 Å². The van der Waals surface area contributed by atoms with Crippen molar-refractivity contribution in [1.29, 1.82) is 0 Å². The maximum absolute atomic E-state index is 12.6. The van der Waals surface area contributed by atoms with Gasteiger partial charge >= 0.3 is 6.18 Å². The van der Waals surface area contributed by atoms with Crippen LogP contribution in [0.4, 0.5) is 24.7 Å². The number of alkyl halides is 3. The Labute approximate surface area is 118 Å². The minimum atomic E-state index is -4.62. The molecule has 0 saturated carbocycles. The second kappa shape index (κ2) is 5.24. The standard InChI is InChI=1S/C12H10F3N3O2S/c13-12(14,15)8-2-1-3-10(6-8)21(19,20)18-9-4-5-11(16)17-7-9/h1-7,18H,(H2,16,17). The second-order valence-electron chi connectivity index (χ2n) is 4.10. The number of halogens is 3. The SMILES string of the molecule is Nc1ccc(NS(=O)(=O)c2cccc(C(F)(F)F)c2)cn1. The van der Waals surface area contributed by atoms with E-state index in [1.807, 2.05) is 0 Å². The molecule has 9 heteroatoms. The van der Waals surface area contributed by atoms with Gasteiger partial charge in [0.1, 0.15) is 5.82 Å². The highest BCUT2D eigenvalue weighted by molar-refractivity contribution is 7.92. The van der Waals surface area contributed by atoms with Crippen LogP contribution in [0.25, 0.3) is 0 Å². The van der Waals surface area contributed by atoms with E-state index in [-0.39, 0.29) is 11.5 Å². The van der Waals surface area contributed by atoms with Gasteiger partial charge in [-0.1, -0.05) is 6.07 Å². The Morgan fingerprint density at radius 1 is 1.14 bits per heavy atom. The maximum Gasteiger partial charge on any atom is 0.416 e. The Bertz CT molecular complexity index is 743. The molecular weight excluding hydrogens is 307 g/mol. The van der Waals surface area contributed by atoms with Gasteiger partial charge in [0.2, 0.25) is 0 Å². The van der Waals surface area contributed by atoms with Crippen LogP contribution in [0.5, 0.6) is 0 Å². The van der Waals surface area contributed by atoms with Crippen LogP contribution >= 0.6 is 0 Å². The summed E-state index contributed by atoms with van der Waals surface area (Å²) >= 11 is 0. The maximum atomic E-state index is 12.6. The Morgan fingerprint density at radius 3 is 2.43 bits per heavy atom. The molecule has 112 valence electrons. The van der Waals surface area contributed by atoms with Crippen molar-refractivity contribution in [1.82, 2.24) is 4.98 Å². The molecule has 3 N–H and O–H groups in total. The quantitative estimate of drug-likeness (QED) is 0.911. The molecule has 2 rings (SSSR count). The van der Waals surface area contributed by atoms with Crippen LogP contribution in [0, 0.1) is 0 Å². The minimum Gasteiger partial charge on any atom is -0.384 e. The number of benzene rings is 1. The fraction of sp³-hybridized carbons (Fsp3) is 0.0833. The van der Waals surface area contributed by atoms with E-state index in [2.05, 4.69) is 9.71 Å². The van der Waals surface area contributed by atoms with Crippen molar-refractivity contribution < 1.29 is 21.6 Å². The molecule has 0 amide bonds. The summed E-state index contributed by atoms with van der Waals surface area (Å²) < 4.78 is 63.9. The van der Waals surface area contributed by atoms with Crippen molar-refractivity contribution in [3.05, 3.63) is 48.2 Å². The molecule has 0 bridgehead atoms. The highest BCUT2D eigenvalue weighted by Gasteiger charge is 2.31. The van der Waals surface area contributed by atoms with Crippen LogP contribution in [0.15, 0.2) is 47.5 Å². The molecule has 0 fully saturated rings. The Morgan fingerprint density at radius 2 is 1.86 bits per heavy atom. The molecule has 1 aromatic carbocycles. The normalized spacial score (nSPS) is 12.1. The highest BCUT2D eigenvalue weighted by atomic mass is 32.2. The first kappa shape index (κ1) is 15.1. The van der Waals surface area contributed by atoms with Gasteiger partial charge in [0.05, 0.1) is 22.3 Å². The summed E-state index contributed by atoms with van der Waals surface area (Å²) in [6.45, 7) is 0. The van der Waals surface area contributed by atoms with E-state index in [0.717, 1.165) is 18.2 Å². The van der Waals surface area contributed by atoms with E-state index in [9.17, 15) is 21.6 Å². The summed E-state index contributed by atoms with van der Waals surface area (Å²) in [5, 5.41) is 0. The molecule has 0 atom stereocenters. The van der Waals surface area contributed by atoms with Crippen LogP contribution in [0.2, 0.25) is 0 Å². The first-order valence-electron chi connectivity index (χ1n) is 5.60. The number of rotatable bonds is 3. The van der Waals surface area contributed by atoms with E-state index in [1.165, 1.54) is 18.3 Å². The molecule has 2 aromatic rings. The second-order valence-corrected chi connectivity index (χ2v) is 5.79. The molecule has 1 aromatic heterocycles. The minimum absolute atomic E-state index is 0.0987. The largest absolute Gasteiger partial charge is 0.416 e. The first-order chi connectivity index (χ1) is 9.68. The van der Waals surface area contributed by atoms with Crippen LogP contribution in [0.3, 0.4) is 0 Å². The molecule has 0 unspecified atom stereocenters. The number of pyridine rings is 1. The van der Waals surface area contributed by atoms with E-state index >= 15 is 0 Å². The molecule has 0 aliphatic rings. The third kappa shape index (κ3) is 3.63. The molecule has 0 radical (unpaired) electrons. The number of nitrogens with one attached hydrogen (secondary N) is 1. The summed E-state index contributed by atoms with van der Waals surface area (Å²) in [7, 11) is -4.14. The van der Waals surface area contributed by atoms with Crippen LogP contribution in [-0.4, -0.2) is 13.4 Å². The monoisotopic (exact) mass is 317 g/mol. The number of anilines is 2. The zero-order valence-corrected chi connectivity index (χ0v) is 11.2. The van der Waals surface area contributed by atoms with E-state index in [1.54, 1.807) is 0 Å². The van der Waals surface area contributed by atoms with Crippen molar-refractivity contribution in [3.63, 3.8) is 0 Å². The lowest BCUT2D eigenvalue weighted by Crippen LogP contribution is -2.14. The first-order valence-corrected chi connectivity index (χ1v) is 7.08. The molecule has 1 heterocycles. The van der Waals surface area contributed by atoms with Crippen molar-refractivity contribution in [2.24, 2.45) is 0 Å². The smallest absolute Gasteiger partial charge is 0.384 e. The average molecular weight is 317 g/mol. The van der Waals surface area contributed by atoms with Crippen molar-refractivity contribution in [2.45, 2.75) is 11.1 Å². The number of nitrogens with zero attached hydrogens (tertiary/aromatic N) is 1. The van der Waals surface area contributed by atoms with Gasteiger partial charge < -0.3 is 5.73 Å². The van der Waals surface area contributed by atoms with Gasteiger partial charge in [-0.15, -0.1) is 0 Å². The predicted octanol–water partition coefficient (Wildman–Crippen LogP) is 2.48. The number of aromatic nitrogens is 1. The van der Waals surface area contributed by atoms with Crippen molar-refractivity contribution in [3.8, 4) is 0 Å². The summed E-state index contributed by atoms with van der Waals surface area (Å²) in [6.07, 6.45) is -3.45.